The zero-order valence-corrected chi connectivity index (χ0v) is 10.3. The lowest BCUT2D eigenvalue weighted by Crippen LogP contribution is -1.96. The molecule has 0 bridgehead atoms. The van der Waals surface area contributed by atoms with Gasteiger partial charge in [0.2, 0.25) is 0 Å². The van der Waals surface area contributed by atoms with Crippen LogP contribution in [0.3, 0.4) is 0 Å². The zero-order chi connectivity index (χ0) is 12.3. The number of benzene rings is 1. The summed E-state index contributed by atoms with van der Waals surface area (Å²) in [5.74, 6) is 2.30. The van der Waals surface area contributed by atoms with Crippen molar-refractivity contribution in [3.05, 3.63) is 41.5 Å². The van der Waals surface area contributed by atoms with Crippen LogP contribution in [0.5, 0.6) is 5.75 Å². The zero-order valence-electron chi connectivity index (χ0n) is 10.3. The Kier molecular flexibility index (Phi) is 3.42. The van der Waals surface area contributed by atoms with Crippen LogP contribution in [0.1, 0.15) is 37.0 Å². The highest BCUT2D eigenvalue weighted by atomic mass is 16.5. The third-order valence-corrected chi connectivity index (χ3v) is 2.38. The third kappa shape index (κ3) is 3.06. The van der Waals surface area contributed by atoms with Crippen molar-refractivity contribution in [2.24, 2.45) is 0 Å². The molecule has 0 aliphatic carbocycles. The normalized spacial score (nSPS) is 10.8. The molecular formula is C13H16N2O2. The number of ether oxygens (including phenoxy) is 1. The van der Waals surface area contributed by atoms with Crippen LogP contribution < -0.4 is 4.74 Å². The van der Waals surface area contributed by atoms with E-state index in [1.807, 2.05) is 45.0 Å². The summed E-state index contributed by atoms with van der Waals surface area (Å²) in [4.78, 5) is 4.24. The number of aromatic nitrogens is 2. The SMILES string of the molecule is Cc1ccc(OCc2nc(C(C)C)no2)cc1. The topological polar surface area (TPSA) is 48.2 Å². The molecule has 0 aliphatic rings. The van der Waals surface area contributed by atoms with E-state index in [0.29, 0.717) is 18.3 Å². The van der Waals surface area contributed by atoms with Gasteiger partial charge in [-0.05, 0) is 19.1 Å². The molecule has 17 heavy (non-hydrogen) atoms. The van der Waals surface area contributed by atoms with Crippen LogP contribution in [0.25, 0.3) is 0 Å². The van der Waals surface area contributed by atoms with Gasteiger partial charge in [-0.2, -0.15) is 4.98 Å². The van der Waals surface area contributed by atoms with Gasteiger partial charge in [0.05, 0.1) is 0 Å². The summed E-state index contributed by atoms with van der Waals surface area (Å²) < 4.78 is 10.6. The Morgan fingerprint density at radius 1 is 1.24 bits per heavy atom. The monoisotopic (exact) mass is 232 g/mol. The van der Waals surface area contributed by atoms with Gasteiger partial charge in [0, 0.05) is 5.92 Å². The fourth-order valence-corrected chi connectivity index (χ4v) is 1.34. The largest absolute Gasteiger partial charge is 0.484 e. The number of hydrogen-bond donors (Lipinski definition) is 0. The Morgan fingerprint density at radius 2 is 1.94 bits per heavy atom. The van der Waals surface area contributed by atoms with Crippen LogP contribution in [0, 0.1) is 6.92 Å². The molecule has 0 radical (unpaired) electrons. The molecule has 0 spiro atoms. The average molecular weight is 232 g/mol. The summed E-state index contributed by atoms with van der Waals surface area (Å²) in [6, 6.07) is 7.86. The van der Waals surface area contributed by atoms with Gasteiger partial charge in [-0.25, -0.2) is 0 Å². The Bertz CT molecular complexity index is 474. The Labute approximate surface area is 101 Å². The molecule has 0 saturated heterocycles. The van der Waals surface area contributed by atoms with E-state index in [2.05, 4.69) is 10.1 Å². The highest BCUT2D eigenvalue weighted by molar-refractivity contribution is 5.26. The fraction of sp³-hybridized carbons (Fsp3) is 0.385. The first-order valence-electron chi connectivity index (χ1n) is 5.67. The van der Waals surface area contributed by atoms with Crippen LogP contribution in [-0.4, -0.2) is 10.1 Å². The maximum atomic E-state index is 5.54. The average Bonchev–Trinajstić information content (AvgIpc) is 2.77. The van der Waals surface area contributed by atoms with Gasteiger partial charge in [-0.3, -0.25) is 0 Å². The van der Waals surface area contributed by atoms with E-state index >= 15 is 0 Å². The predicted octanol–water partition coefficient (Wildman–Crippen LogP) is 3.08. The lowest BCUT2D eigenvalue weighted by Gasteiger charge is -2.02. The van der Waals surface area contributed by atoms with Crippen LogP contribution in [0.4, 0.5) is 0 Å². The minimum absolute atomic E-state index is 0.270. The first kappa shape index (κ1) is 11.6. The molecule has 1 aromatic heterocycles. The summed E-state index contributed by atoms with van der Waals surface area (Å²) in [7, 11) is 0. The highest BCUT2D eigenvalue weighted by Crippen LogP contribution is 2.14. The van der Waals surface area contributed by atoms with Crippen molar-refractivity contribution in [2.45, 2.75) is 33.3 Å². The van der Waals surface area contributed by atoms with E-state index in [1.165, 1.54) is 5.56 Å². The van der Waals surface area contributed by atoms with Gasteiger partial charge in [0.1, 0.15) is 5.75 Å². The second-order valence-corrected chi connectivity index (χ2v) is 4.30. The maximum absolute atomic E-state index is 5.54. The van der Waals surface area contributed by atoms with Gasteiger partial charge in [-0.1, -0.05) is 36.7 Å². The molecule has 2 aromatic rings. The van der Waals surface area contributed by atoms with Crippen molar-refractivity contribution in [1.29, 1.82) is 0 Å². The van der Waals surface area contributed by atoms with Crippen molar-refractivity contribution < 1.29 is 9.26 Å². The standard InChI is InChI=1S/C13H16N2O2/c1-9(2)13-14-12(17-15-13)8-16-11-6-4-10(3)5-7-11/h4-7,9H,8H2,1-3H3. The van der Waals surface area contributed by atoms with E-state index in [0.717, 1.165) is 5.75 Å². The summed E-state index contributed by atoms with van der Waals surface area (Å²) in [6.45, 7) is 6.39. The van der Waals surface area contributed by atoms with Gasteiger partial charge >= 0.3 is 0 Å². The van der Waals surface area contributed by atoms with Gasteiger partial charge < -0.3 is 9.26 Å². The molecule has 0 aliphatic heterocycles. The molecule has 2 rings (SSSR count). The second kappa shape index (κ2) is 4.99. The highest BCUT2D eigenvalue weighted by Gasteiger charge is 2.09. The van der Waals surface area contributed by atoms with Crippen LogP contribution in [0.15, 0.2) is 28.8 Å². The molecular weight excluding hydrogens is 216 g/mol. The van der Waals surface area contributed by atoms with Gasteiger partial charge in [0.15, 0.2) is 12.4 Å². The first-order valence-corrected chi connectivity index (χ1v) is 5.67. The van der Waals surface area contributed by atoms with Gasteiger partial charge in [0.25, 0.3) is 5.89 Å². The molecule has 4 nitrogen and oxygen atoms in total. The van der Waals surface area contributed by atoms with Gasteiger partial charge in [-0.15, -0.1) is 0 Å². The maximum Gasteiger partial charge on any atom is 0.264 e. The molecule has 0 saturated carbocycles. The van der Waals surface area contributed by atoms with Crippen molar-refractivity contribution >= 4 is 0 Å². The summed E-state index contributed by atoms with van der Waals surface area (Å²) in [6.07, 6.45) is 0. The van der Waals surface area contributed by atoms with Crippen molar-refractivity contribution in [2.75, 3.05) is 0 Å². The smallest absolute Gasteiger partial charge is 0.264 e. The lowest BCUT2D eigenvalue weighted by atomic mass is 10.2. The van der Waals surface area contributed by atoms with Crippen LogP contribution in [0.2, 0.25) is 0 Å². The number of rotatable bonds is 4. The van der Waals surface area contributed by atoms with Crippen LogP contribution in [-0.2, 0) is 6.61 Å². The molecule has 0 amide bonds. The molecule has 1 aromatic carbocycles. The third-order valence-electron chi connectivity index (χ3n) is 2.38. The summed E-state index contributed by atoms with van der Waals surface area (Å²) >= 11 is 0. The number of hydrogen-bond acceptors (Lipinski definition) is 4. The lowest BCUT2D eigenvalue weighted by molar-refractivity contribution is 0.242. The molecule has 1 heterocycles. The number of nitrogens with zero attached hydrogens (tertiary/aromatic N) is 2. The Balaban J connectivity index is 1.95. The minimum Gasteiger partial charge on any atom is -0.484 e. The van der Waals surface area contributed by atoms with Crippen molar-refractivity contribution in [3.63, 3.8) is 0 Å². The van der Waals surface area contributed by atoms with Crippen LogP contribution >= 0.6 is 0 Å². The predicted molar refractivity (Wildman–Crippen MR) is 63.9 cm³/mol. The fourth-order valence-electron chi connectivity index (χ4n) is 1.34. The molecule has 4 heteroatoms. The van der Waals surface area contributed by atoms with Crippen molar-refractivity contribution in [3.8, 4) is 5.75 Å². The summed E-state index contributed by atoms with van der Waals surface area (Å²) in [5, 5.41) is 3.88. The number of aryl methyl sites for hydroxylation is 1. The molecule has 0 atom stereocenters. The van der Waals surface area contributed by atoms with Crippen molar-refractivity contribution in [1.82, 2.24) is 10.1 Å². The summed E-state index contributed by atoms with van der Waals surface area (Å²) in [5.41, 5.74) is 1.21. The minimum atomic E-state index is 0.270. The Morgan fingerprint density at radius 3 is 2.53 bits per heavy atom. The quantitative estimate of drug-likeness (QED) is 0.812. The Hall–Kier alpha value is -1.84. The van der Waals surface area contributed by atoms with E-state index in [9.17, 15) is 0 Å². The molecule has 0 unspecified atom stereocenters. The van der Waals surface area contributed by atoms with E-state index in [4.69, 9.17) is 9.26 Å². The van der Waals surface area contributed by atoms with E-state index in [-0.39, 0.29) is 5.92 Å². The molecule has 0 N–H and O–H groups in total. The van der Waals surface area contributed by atoms with E-state index < -0.39 is 0 Å². The van der Waals surface area contributed by atoms with E-state index in [1.54, 1.807) is 0 Å². The first-order chi connectivity index (χ1) is 8.15. The molecule has 0 fully saturated rings. The second-order valence-electron chi connectivity index (χ2n) is 4.30. The molecule has 90 valence electrons.